The number of hydrogen-bond donors (Lipinski definition) is 3. The van der Waals surface area contributed by atoms with E-state index < -0.39 is 5.60 Å². The first-order chi connectivity index (χ1) is 13.8. The van der Waals surface area contributed by atoms with Gasteiger partial charge in [0.15, 0.2) is 0 Å². The maximum absolute atomic E-state index is 12.7. The summed E-state index contributed by atoms with van der Waals surface area (Å²) >= 11 is 0. The Bertz CT molecular complexity index is 718. The average Bonchev–Trinajstić information content (AvgIpc) is 2.85. The van der Waals surface area contributed by atoms with Crippen LogP contribution in [0.25, 0.3) is 0 Å². The summed E-state index contributed by atoms with van der Waals surface area (Å²) in [6.45, 7) is 5.12. The largest absolute Gasteiger partial charge is 0.508 e. The highest BCUT2D eigenvalue weighted by Gasteiger charge is 2.34. The molecule has 0 bridgehead atoms. The lowest BCUT2D eigenvalue weighted by Gasteiger charge is -2.38. The van der Waals surface area contributed by atoms with Gasteiger partial charge in [0.1, 0.15) is 5.75 Å². The minimum Gasteiger partial charge on any atom is -0.508 e. The fraction of sp³-hybridized carbons (Fsp3) is 0.636. The summed E-state index contributed by atoms with van der Waals surface area (Å²) in [5.41, 5.74) is 0.0255. The molecule has 7 heteroatoms. The second-order valence-electron chi connectivity index (χ2n) is 8.56. The van der Waals surface area contributed by atoms with Gasteiger partial charge in [0.2, 0.25) is 11.8 Å². The number of carbonyl (C=O) groups is 2. The van der Waals surface area contributed by atoms with Crippen LogP contribution in [0, 0.1) is 0 Å². The number of nitrogens with one attached hydrogen (secondary N) is 1. The van der Waals surface area contributed by atoms with E-state index in [0.717, 1.165) is 37.9 Å². The predicted octanol–water partition coefficient (Wildman–Crippen LogP) is 1.28. The zero-order chi connectivity index (χ0) is 20.9. The summed E-state index contributed by atoms with van der Waals surface area (Å²) in [6, 6.07) is 7.04. The molecule has 3 rings (SSSR count). The van der Waals surface area contributed by atoms with Crippen LogP contribution < -0.4 is 5.32 Å². The number of phenolic OH excluding ortho intramolecular Hbond substituents is 1. The highest BCUT2D eigenvalue weighted by molar-refractivity contribution is 5.79. The zero-order valence-corrected chi connectivity index (χ0v) is 17.3. The van der Waals surface area contributed by atoms with Gasteiger partial charge in [-0.2, -0.15) is 0 Å². The molecule has 1 aromatic carbocycles. The Hall–Kier alpha value is -2.12. The highest BCUT2D eigenvalue weighted by Crippen LogP contribution is 2.26. The van der Waals surface area contributed by atoms with Crippen molar-refractivity contribution in [2.75, 3.05) is 32.7 Å². The molecular weight excluding hydrogens is 370 g/mol. The first-order valence-electron chi connectivity index (χ1n) is 10.6. The fourth-order valence-electron chi connectivity index (χ4n) is 4.48. The molecule has 2 saturated heterocycles. The number of rotatable bonds is 5. The van der Waals surface area contributed by atoms with Gasteiger partial charge in [0, 0.05) is 45.7 Å². The maximum Gasteiger partial charge on any atom is 0.226 e. The molecule has 2 amide bonds. The summed E-state index contributed by atoms with van der Waals surface area (Å²) < 4.78 is 0. The molecule has 0 radical (unpaired) electrons. The topological polar surface area (TPSA) is 93.1 Å². The first-order valence-corrected chi connectivity index (χ1v) is 10.6. The SMILES string of the molecule is CC(=O)NC1CCN(CC2(O)CCCN(C(=O)Cc3cccc(O)c3)CC2)CC1. The summed E-state index contributed by atoms with van der Waals surface area (Å²) in [5.74, 6) is 0.222. The molecule has 0 aliphatic carbocycles. The Balaban J connectivity index is 1.48. The summed E-state index contributed by atoms with van der Waals surface area (Å²) in [7, 11) is 0. The lowest BCUT2D eigenvalue weighted by molar-refractivity contribution is -0.130. The van der Waals surface area contributed by atoms with Crippen LogP contribution in [-0.4, -0.2) is 76.2 Å². The molecule has 0 spiro atoms. The number of phenols is 1. The van der Waals surface area contributed by atoms with Gasteiger partial charge in [-0.25, -0.2) is 0 Å². The Morgan fingerprint density at radius 3 is 2.62 bits per heavy atom. The van der Waals surface area contributed by atoms with Gasteiger partial charge >= 0.3 is 0 Å². The van der Waals surface area contributed by atoms with E-state index in [1.807, 2.05) is 11.0 Å². The maximum atomic E-state index is 12.7. The standard InChI is InChI=1S/C22H33N3O4/c1-17(26)23-19-6-11-24(12-7-19)16-22(29)8-3-10-25(13-9-22)21(28)15-18-4-2-5-20(27)14-18/h2,4-5,14,19,27,29H,3,6-13,15-16H2,1H3,(H,23,26). The molecule has 1 aromatic rings. The van der Waals surface area contributed by atoms with Crippen molar-refractivity contribution in [1.29, 1.82) is 0 Å². The molecule has 2 aliphatic rings. The van der Waals surface area contributed by atoms with Crippen LogP contribution in [0.5, 0.6) is 5.75 Å². The molecule has 160 valence electrons. The molecule has 1 unspecified atom stereocenters. The van der Waals surface area contributed by atoms with Crippen molar-refractivity contribution in [1.82, 2.24) is 15.1 Å². The van der Waals surface area contributed by atoms with Gasteiger partial charge in [-0.05, 0) is 49.8 Å². The van der Waals surface area contributed by atoms with Crippen molar-refractivity contribution in [3.05, 3.63) is 29.8 Å². The van der Waals surface area contributed by atoms with Crippen LogP contribution in [0.2, 0.25) is 0 Å². The van der Waals surface area contributed by atoms with E-state index in [2.05, 4.69) is 10.2 Å². The van der Waals surface area contributed by atoms with E-state index in [9.17, 15) is 19.8 Å². The number of aromatic hydroxyl groups is 1. The van der Waals surface area contributed by atoms with Crippen molar-refractivity contribution >= 4 is 11.8 Å². The van der Waals surface area contributed by atoms with Crippen molar-refractivity contribution in [2.45, 2.75) is 57.1 Å². The van der Waals surface area contributed by atoms with Crippen LogP contribution in [0.4, 0.5) is 0 Å². The van der Waals surface area contributed by atoms with Gasteiger partial charge in [-0.15, -0.1) is 0 Å². The summed E-state index contributed by atoms with van der Waals surface area (Å²) in [6.07, 6.45) is 4.13. The van der Waals surface area contributed by atoms with Crippen LogP contribution in [0.15, 0.2) is 24.3 Å². The van der Waals surface area contributed by atoms with Gasteiger partial charge in [0.05, 0.1) is 12.0 Å². The number of aliphatic hydroxyl groups is 1. The molecular formula is C22H33N3O4. The summed E-state index contributed by atoms with van der Waals surface area (Å²) in [5, 5.41) is 23.7. The Morgan fingerprint density at radius 1 is 1.17 bits per heavy atom. The first kappa shape index (κ1) is 21.6. The second kappa shape index (κ2) is 9.59. The second-order valence-corrected chi connectivity index (χ2v) is 8.56. The van der Waals surface area contributed by atoms with Gasteiger partial charge in [-0.3, -0.25) is 9.59 Å². The quantitative estimate of drug-likeness (QED) is 0.689. The summed E-state index contributed by atoms with van der Waals surface area (Å²) in [4.78, 5) is 28.0. The van der Waals surface area contributed by atoms with Crippen molar-refractivity contribution < 1.29 is 19.8 Å². The van der Waals surface area contributed by atoms with E-state index in [-0.39, 0.29) is 30.0 Å². The lowest BCUT2D eigenvalue weighted by atomic mass is 9.93. The number of carbonyl (C=O) groups excluding carboxylic acids is 2. The van der Waals surface area contributed by atoms with E-state index in [0.29, 0.717) is 32.5 Å². The van der Waals surface area contributed by atoms with Gasteiger partial charge in [-0.1, -0.05) is 12.1 Å². The molecule has 2 aliphatic heterocycles. The number of nitrogens with zero attached hydrogens (tertiary/aromatic N) is 2. The van der Waals surface area contributed by atoms with Crippen molar-refractivity contribution in [2.24, 2.45) is 0 Å². The van der Waals surface area contributed by atoms with Crippen LogP contribution in [0.1, 0.15) is 44.6 Å². The van der Waals surface area contributed by atoms with Gasteiger partial charge < -0.3 is 25.3 Å². The molecule has 29 heavy (non-hydrogen) atoms. The third-order valence-corrected chi connectivity index (χ3v) is 6.05. The monoisotopic (exact) mass is 403 g/mol. The Kier molecular flexibility index (Phi) is 7.14. The number of β-amino-alcohol motifs (C(OH)–C–C–N with tert-alkyl or cyclic N) is 1. The number of benzene rings is 1. The van der Waals surface area contributed by atoms with Crippen LogP contribution in [0.3, 0.4) is 0 Å². The molecule has 7 nitrogen and oxygen atoms in total. The minimum absolute atomic E-state index is 0.0151. The number of piperidine rings is 1. The van der Waals surface area contributed by atoms with Crippen LogP contribution >= 0.6 is 0 Å². The predicted molar refractivity (Wildman–Crippen MR) is 110 cm³/mol. The number of amides is 2. The molecule has 2 fully saturated rings. The van der Waals surface area contributed by atoms with E-state index in [4.69, 9.17) is 0 Å². The van der Waals surface area contributed by atoms with E-state index >= 15 is 0 Å². The van der Waals surface area contributed by atoms with E-state index in [1.165, 1.54) is 0 Å². The molecule has 0 aromatic heterocycles. The van der Waals surface area contributed by atoms with Crippen molar-refractivity contribution in [3.63, 3.8) is 0 Å². The average molecular weight is 404 g/mol. The normalized spacial score (nSPS) is 24.1. The van der Waals surface area contributed by atoms with Crippen molar-refractivity contribution in [3.8, 4) is 5.75 Å². The molecule has 3 N–H and O–H groups in total. The van der Waals surface area contributed by atoms with Gasteiger partial charge in [0.25, 0.3) is 0 Å². The van der Waals surface area contributed by atoms with Crippen LogP contribution in [-0.2, 0) is 16.0 Å². The number of hydrogen-bond acceptors (Lipinski definition) is 5. The third-order valence-electron chi connectivity index (χ3n) is 6.05. The zero-order valence-electron chi connectivity index (χ0n) is 17.3. The fourth-order valence-corrected chi connectivity index (χ4v) is 4.48. The number of likely N-dealkylation sites (tertiary alicyclic amines) is 2. The Morgan fingerprint density at radius 2 is 1.93 bits per heavy atom. The molecule has 1 atom stereocenters. The molecule has 2 heterocycles. The highest BCUT2D eigenvalue weighted by atomic mass is 16.3. The minimum atomic E-state index is -0.777. The van der Waals surface area contributed by atoms with E-state index in [1.54, 1.807) is 25.1 Å². The third kappa shape index (κ3) is 6.44. The lowest BCUT2D eigenvalue weighted by Crippen LogP contribution is -2.50. The smallest absolute Gasteiger partial charge is 0.226 e. The Labute approximate surface area is 172 Å². The molecule has 0 saturated carbocycles.